The van der Waals surface area contributed by atoms with Gasteiger partial charge >= 0.3 is 5.97 Å². The van der Waals surface area contributed by atoms with Crippen molar-refractivity contribution in [3.8, 4) is 11.5 Å². The van der Waals surface area contributed by atoms with E-state index in [1.54, 1.807) is 50.3 Å². The fourth-order valence-electron chi connectivity index (χ4n) is 3.17. The third-order valence-electron chi connectivity index (χ3n) is 4.56. The molecule has 2 aromatic carbocycles. The lowest BCUT2D eigenvalue weighted by atomic mass is 10.0. The van der Waals surface area contributed by atoms with Gasteiger partial charge < -0.3 is 19.3 Å². The molecule has 7 heteroatoms. The largest absolute Gasteiger partial charge is 0.463 e. The van der Waals surface area contributed by atoms with Crippen molar-refractivity contribution in [3.05, 3.63) is 76.6 Å². The Morgan fingerprint density at radius 1 is 1.30 bits per heavy atom. The van der Waals surface area contributed by atoms with Gasteiger partial charge in [0.2, 0.25) is 0 Å². The fourth-order valence-corrected chi connectivity index (χ4v) is 3.33. The number of hydrogen-bond donors (Lipinski definition) is 1. The van der Waals surface area contributed by atoms with E-state index in [-0.39, 0.29) is 17.2 Å². The van der Waals surface area contributed by atoms with Gasteiger partial charge in [0.05, 0.1) is 18.8 Å². The van der Waals surface area contributed by atoms with Crippen LogP contribution in [0.1, 0.15) is 31.4 Å². The van der Waals surface area contributed by atoms with Gasteiger partial charge in [-0.1, -0.05) is 35.9 Å². The highest BCUT2D eigenvalue weighted by molar-refractivity contribution is 6.30. The molecule has 2 aromatic rings. The summed E-state index contributed by atoms with van der Waals surface area (Å²) in [5.74, 6) is -1.50. The molecule has 1 atom stereocenters. The summed E-state index contributed by atoms with van der Waals surface area (Å²) in [6.45, 7) is 3.41. The number of hydrogen-bond acceptors (Lipinski definition) is 5. The Labute approximate surface area is 179 Å². The first-order chi connectivity index (χ1) is 14.4. The van der Waals surface area contributed by atoms with Crippen LogP contribution >= 0.6 is 11.6 Å². The summed E-state index contributed by atoms with van der Waals surface area (Å²) in [6, 6.07) is 9.55. The minimum absolute atomic E-state index is 0.209. The van der Waals surface area contributed by atoms with Crippen LogP contribution in [0, 0.1) is 5.82 Å². The molecule has 0 bridgehead atoms. The van der Waals surface area contributed by atoms with Crippen LogP contribution in [0.3, 0.4) is 0 Å². The van der Waals surface area contributed by atoms with Crippen LogP contribution in [0.5, 0.6) is 11.5 Å². The van der Waals surface area contributed by atoms with E-state index in [2.05, 4.69) is 0 Å². The molecule has 30 heavy (non-hydrogen) atoms. The normalized spacial score (nSPS) is 18.1. The zero-order valence-corrected chi connectivity index (χ0v) is 17.4. The second-order valence-corrected chi connectivity index (χ2v) is 7.12. The van der Waals surface area contributed by atoms with E-state index in [0.717, 1.165) is 0 Å². The van der Waals surface area contributed by atoms with Gasteiger partial charge in [-0.2, -0.15) is 0 Å². The van der Waals surface area contributed by atoms with E-state index in [1.165, 1.54) is 18.2 Å². The van der Waals surface area contributed by atoms with Crippen LogP contribution in [0.25, 0.3) is 5.57 Å². The summed E-state index contributed by atoms with van der Waals surface area (Å²) >= 11 is 5.85. The average Bonchev–Trinajstić information content (AvgIpc) is 3.05. The number of fused-ring (bicyclic) bond motifs is 1. The molecule has 0 amide bonds. The Morgan fingerprint density at radius 2 is 2.10 bits per heavy atom. The second kappa shape index (κ2) is 9.32. The molecule has 3 rings (SSSR count). The topological polar surface area (TPSA) is 65.0 Å². The lowest BCUT2D eigenvalue weighted by Crippen LogP contribution is -2.32. The lowest BCUT2D eigenvalue weighted by molar-refractivity contribution is -0.137. The molecule has 1 heterocycles. The molecule has 0 fully saturated rings. The summed E-state index contributed by atoms with van der Waals surface area (Å²) in [7, 11) is 0. The van der Waals surface area contributed by atoms with Crippen molar-refractivity contribution in [2.75, 3.05) is 13.2 Å². The Morgan fingerprint density at radius 3 is 2.80 bits per heavy atom. The second-order valence-electron chi connectivity index (χ2n) is 6.68. The Bertz CT molecular complexity index is 1000. The minimum Gasteiger partial charge on any atom is -0.463 e. The van der Waals surface area contributed by atoms with Crippen molar-refractivity contribution in [3.63, 3.8) is 0 Å². The predicted octanol–water partition coefficient (Wildman–Crippen LogP) is 5.01. The molecule has 0 saturated carbocycles. The van der Waals surface area contributed by atoms with Gasteiger partial charge in [0.25, 0.3) is 5.79 Å². The molecule has 0 saturated heterocycles. The highest BCUT2D eigenvalue weighted by Gasteiger charge is 2.42. The zero-order chi connectivity index (χ0) is 21.7. The van der Waals surface area contributed by atoms with E-state index in [9.17, 15) is 14.3 Å². The Balaban J connectivity index is 1.86. The Kier molecular flexibility index (Phi) is 6.80. The summed E-state index contributed by atoms with van der Waals surface area (Å²) in [5, 5.41) is 10.1. The molecule has 1 N–H and O–H groups in total. The van der Waals surface area contributed by atoms with Gasteiger partial charge in [-0.3, -0.25) is 0 Å². The summed E-state index contributed by atoms with van der Waals surface area (Å²) in [4.78, 5) is 11.4. The number of rotatable bonds is 7. The molecule has 1 aliphatic rings. The number of allylic oxidation sites excluding steroid dienone is 2. The zero-order valence-electron chi connectivity index (χ0n) is 16.7. The van der Waals surface area contributed by atoms with Gasteiger partial charge in [-0.25, -0.2) is 9.18 Å². The van der Waals surface area contributed by atoms with Gasteiger partial charge in [-0.15, -0.1) is 0 Å². The third-order valence-corrected chi connectivity index (χ3v) is 4.79. The van der Waals surface area contributed by atoms with Crippen LogP contribution < -0.4 is 9.47 Å². The average molecular weight is 433 g/mol. The molecule has 1 unspecified atom stereocenters. The smallest absolute Gasteiger partial charge is 0.330 e. The van der Waals surface area contributed by atoms with Crippen LogP contribution in [-0.4, -0.2) is 24.3 Å². The first-order valence-corrected chi connectivity index (χ1v) is 9.86. The van der Waals surface area contributed by atoms with Gasteiger partial charge in [-0.05, 0) is 43.2 Å². The van der Waals surface area contributed by atoms with Crippen molar-refractivity contribution in [2.45, 2.75) is 26.1 Å². The number of halogens is 2. The van der Waals surface area contributed by atoms with Crippen molar-refractivity contribution in [1.82, 2.24) is 0 Å². The van der Waals surface area contributed by atoms with Crippen molar-refractivity contribution in [2.24, 2.45) is 0 Å². The van der Waals surface area contributed by atoms with E-state index in [0.29, 0.717) is 35.7 Å². The minimum atomic E-state index is -1.38. The molecule has 0 spiro atoms. The lowest BCUT2D eigenvalue weighted by Gasteiger charge is -2.24. The van der Waals surface area contributed by atoms with Crippen LogP contribution in [-0.2, 0) is 15.3 Å². The van der Waals surface area contributed by atoms with Crippen LogP contribution in [0.2, 0.25) is 5.02 Å². The number of aliphatic hydroxyl groups is 1. The van der Waals surface area contributed by atoms with E-state index in [4.69, 9.17) is 25.8 Å². The van der Waals surface area contributed by atoms with Gasteiger partial charge in [0, 0.05) is 23.6 Å². The fraction of sp³-hybridized carbons (Fsp3) is 0.261. The van der Waals surface area contributed by atoms with E-state index < -0.39 is 17.6 Å². The highest BCUT2D eigenvalue weighted by atomic mass is 35.5. The van der Waals surface area contributed by atoms with Crippen LogP contribution in [0.4, 0.5) is 4.39 Å². The molecule has 0 radical (unpaired) electrons. The molecule has 0 aromatic heterocycles. The third kappa shape index (κ3) is 4.66. The highest BCUT2D eigenvalue weighted by Crippen LogP contribution is 2.48. The number of carbonyl (C=O) groups excluding carboxylic acids is 1. The summed E-state index contributed by atoms with van der Waals surface area (Å²) < 4.78 is 31.3. The molecular weight excluding hydrogens is 411 g/mol. The molecule has 5 nitrogen and oxygen atoms in total. The van der Waals surface area contributed by atoms with Crippen molar-refractivity contribution < 1.29 is 28.5 Å². The van der Waals surface area contributed by atoms with Crippen molar-refractivity contribution in [1.29, 1.82) is 0 Å². The first kappa shape index (κ1) is 21.9. The van der Waals surface area contributed by atoms with Gasteiger partial charge in [0.1, 0.15) is 5.82 Å². The molecule has 1 aliphatic heterocycles. The maximum absolute atomic E-state index is 14.5. The van der Waals surface area contributed by atoms with Crippen molar-refractivity contribution >= 4 is 23.1 Å². The van der Waals surface area contributed by atoms with Crippen LogP contribution in [0.15, 0.2) is 54.6 Å². The molecular formula is C23H22ClFO5. The standard InChI is InChI=1S/C23H22ClFO5/c1-3-28-21(27)10-5-4-7-15(14-26)17-8-6-9-20-22(17)30-23(2,29-20)18-12-11-16(24)13-19(18)25/h5-13,26H,3-4,14H2,1-2H3/b10-5-,15-7+. The number of esters is 1. The number of para-hydroxylation sites is 1. The predicted molar refractivity (Wildman–Crippen MR) is 112 cm³/mol. The number of benzene rings is 2. The summed E-state index contributed by atoms with van der Waals surface area (Å²) in [6.07, 6.45) is 5.15. The number of ether oxygens (including phenoxy) is 3. The SMILES string of the molecule is CCOC(=O)/C=C\C/C=C(\CO)c1cccc2c1OC(C)(c1ccc(Cl)cc1F)O2. The Hall–Kier alpha value is -2.83. The number of aliphatic hydroxyl groups excluding tert-OH is 1. The van der Waals surface area contributed by atoms with E-state index >= 15 is 0 Å². The molecule has 158 valence electrons. The quantitative estimate of drug-likeness (QED) is 0.492. The summed E-state index contributed by atoms with van der Waals surface area (Å²) in [5.41, 5.74) is 1.42. The number of carbonyl (C=O) groups is 1. The first-order valence-electron chi connectivity index (χ1n) is 9.48. The molecule has 0 aliphatic carbocycles. The maximum Gasteiger partial charge on any atom is 0.330 e. The monoisotopic (exact) mass is 432 g/mol. The van der Waals surface area contributed by atoms with Gasteiger partial charge in [0.15, 0.2) is 11.5 Å². The maximum atomic E-state index is 14.5. The van der Waals surface area contributed by atoms with E-state index in [1.807, 2.05) is 0 Å².